The predicted molar refractivity (Wildman–Crippen MR) is 87.9 cm³/mol. The first-order valence-corrected chi connectivity index (χ1v) is 8.08. The van der Waals surface area contributed by atoms with Crippen molar-refractivity contribution in [2.45, 2.75) is 32.5 Å². The van der Waals surface area contributed by atoms with E-state index in [2.05, 4.69) is 50.2 Å². The fraction of sp³-hybridized carbons (Fsp3) is 0.438. The maximum absolute atomic E-state index is 6.01. The first-order chi connectivity index (χ1) is 10.1. The smallest absolute Gasteiger partial charge is 0.0739 e. The molecule has 2 heterocycles. The van der Waals surface area contributed by atoms with Gasteiger partial charge in [0.2, 0.25) is 0 Å². The van der Waals surface area contributed by atoms with E-state index < -0.39 is 0 Å². The van der Waals surface area contributed by atoms with Gasteiger partial charge in [-0.05, 0) is 40.4 Å². The second-order valence-electron chi connectivity index (χ2n) is 5.74. The van der Waals surface area contributed by atoms with E-state index in [1.54, 1.807) is 0 Å². The Hall–Kier alpha value is -1.17. The molecule has 0 saturated heterocycles. The molecule has 1 aliphatic rings. The minimum absolute atomic E-state index is 0.391. The summed E-state index contributed by atoms with van der Waals surface area (Å²) < 4.78 is 3.08. The molecule has 0 amide bonds. The van der Waals surface area contributed by atoms with Crippen LogP contribution >= 0.6 is 15.9 Å². The van der Waals surface area contributed by atoms with E-state index in [0.29, 0.717) is 12.6 Å². The summed E-state index contributed by atoms with van der Waals surface area (Å²) in [5, 5.41) is 4.48. The Labute approximate surface area is 134 Å². The van der Waals surface area contributed by atoms with Gasteiger partial charge in [-0.3, -0.25) is 9.58 Å². The number of nitrogens with two attached hydrogens (primary N) is 1. The Morgan fingerprint density at radius 2 is 2.05 bits per heavy atom. The number of hydrogen-bond acceptors (Lipinski definition) is 3. The number of nitrogens with zero attached hydrogens (tertiary/aromatic N) is 3. The third-order valence-corrected chi connectivity index (χ3v) is 5.38. The zero-order valence-corrected chi connectivity index (χ0v) is 14.1. The van der Waals surface area contributed by atoms with E-state index in [-0.39, 0.29) is 0 Å². The number of aryl methyl sites for hydroxylation is 2. The van der Waals surface area contributed by atoms with Gasteiger partial charge in [-0.1, -0.05) is 24.3 Å². The number of fused-ring (bicyclic) bond motifs is 1. The lowest BCUT2D eigenvalue weighted by Gasteiger charge is -2.36. The molecule has 1 atom stereocenters. The van der Waals surface area contributed by atoms with Crippen LogP contribution in [-0.2, 0) is 26.6 Å². The molecule has 5 heteroatoms. The van der Waals surface area contributed by atoms with Crippen LogP contribution in [0.4, 0.5) is 0 Å². The first kappa shape index (κ1) is 14.8. The van der Waals surface area contributed by atoms with E-state index in [9.17, 15) is 0 Å². The molecule has 112 valence electrons. The van der Waals surface area contributed by atoms with Crippen LogP contribution in [0.3, 0.4) is 0 Å². The lowest BCUT2D eigenvalue weighted by Crippen LogP contribution is -2.44. The highest BCUT2D eigenvalue weighted by Crippen LogP contribution is 2.27. The van der Waals surface area contributed by atoms with Gasteiger partial charge in [0.25, 0.3) is 0 Å². The maximum Gasteiger partial charge on any atom is 0.0739 e. The van der Waals surface area contributed by atoms with Crippen LogP contribution in [0, 0.1) is 6.92 Å². The van der Waals surface area contributed by atoms with Crippen molar-refractivity contribution in [3.05, 3.63) is 51.3 Å². The molecule has 2 N–H and O–H groups in total. The first-order valence-electron chi connectivity index (χ1n) is 7.29. The standard InChI is InChI=1S/C16H21BrN4/c1-11-16(17)15(20(2)19-11)10-21-9-13-6-4-3-5-12(13)7-14(21)8-18/h3-6,14H,7-10,18H2,1-2H3. The van der Waals surface area contributed by atoms with Gasteiger partial charge >= 0.3 is 0 Å². The Bertz CT molecular complexity index is 650. The van der Waals surface area contributed by atoms with Crippen LogP contribution in [0.5, 0.6) is 0 Å². The molecule has 3 rings (SSSR count). The van der Waals surface area contributed by atoms with Gasteiger partial charge in [0.15, 0.2) is 0 Å². The second kappa shape index (κ2) is 5.91. The van der Waals surface area contributed by atoms with Crippen LogP contribution in [0.2, 0.25) is 0 Å². The van der Waals surface area contributed by atoms with Gasteiger partial charge in [0, 0.05) is 32.7 Å². The quantitative estimate of drug-likeness (QED) is 0.926. The molecular formula is C16H21BrN4. The highest BCUT2D eigenvalue weighted by Gasteiger charge is 2.26. The van der Waals surface area contributed by atoms with E-state index >= 15 is 0 Å². The van der Waals surface area contributed by atoms with Crippen molar-refractivity contribution in [1.29, 1.82) is 0 Å². The molecule has 4 nitrogen and oxygen atoms in total. The van der Waals surface area contributed by atoms with Crippen LogP contribution in [0.1, 0.15) is 22.5 Å². The number of benzene rings is 1. The topological polar surface area (TPSA) is 47.1 Å². The fourth-order valence-electron chi connectivity index (χ4n) is 3.10. The summed E-state index contributed by atoms with van der Waals surface area (Å²) in [5.41, 5.74) is 11.1. The van der Waals surface area contributed by atoms with Crippen LogP contribution in [-0.4, -0.2) is 27.3 Å². The number of hydrogen-bond donors (Lipinski definition) is 1. The molecule has 21 heavy (non-hydrogen) atoms. The molecule has 2 aromatic rings. The third-order valence-electron chi connectivity index (χ3n) is 4.35. The Balaban J connectivity index is 1.88. The number of halogens is 1. The Morgan fingerprint density at radius 3 is 2.67 bits per heavy atom. The lowest BCUT2D eigenvalue weighted by molar-refractivity contribution is 0.162. The van der Waals surface area contributed by atoms with Crippen molar-refractivity contribution in [2.24, 2.45) is 12.8 Å². The summed E-state index contributed by atoms with van der Waals surface area (Å²) in [6.45, 7) is 4.53. The molecule has 0 saturated carbocycles. The van der Waals surface area contributed by atoms with E-state index in [1.807, 2.05) is 18.7 Å². The van der Waals surface area contributed by atoms with Gasteiger partial charge < -0.3 is 5.73 Å². The van der Waals surface area contributed by atoms with Crippen molar-refractivity contribution < 1.29 is 0 Å². The highest BCUT2D eigenvalue weighted by molar-refractivity contribution is 9.10. The summed E-state index contributed by atoms with van der Waals surface area (Å²) in [6, 6.07) is 9.06. The molecule has 1 unspecified atom stereocenters. The Morgan fingerprint density at radius 1 is 1.33 bits per heavy atom. The molecule has 1 aliphatic heterocycles. The van der Waals surface area contributed by atoms with Crippen LogP contribution in [0.25, 0.3) is 0 Å². The summed E-state index contributed by atoms with van der Waals surface area (Å²) in [6.07, 6.45) is 1.03. The third kappa shape index (κ3) is 2.78. The normalized spacial score (nSPS) is 18.8. The van der Waals surface area contributed by atoms with Gasteiger partial charge in [0.05, 0.1) is 15.9 Å². The maximum atomic E-state index is 6.01. The van der Waals surface area contributed by atoms with Crippen molar-refractivity contribution in [3.8, 4) is 0 Å². The average Bonchev–Trinajstić information content (AvgIpc) is 2.73. The summed E-state index contributed by atoms with van der Waals surface area (Å²) in [4.78, 5) is 2.46. The minimum atomic E-state index is 0.391. The molecule has 1 aromatic carbocycles. The van der Waals surface area contributed by atoms with Gasteiger partial charge in [-0.25, -0.2) is 0 Å². The molecule has 0 spiro atoms. The van der Waals surface area contributed by atoms with Crippen LogP contribution in [0.15, 0.2) is 28.7 Å². The van der Waals surface area contributed by atoms with Gasteiger partial charge in [-0.15, -0.1) is 0 Å². The van der Waals surface area contributed by atoms with Crippen molar-refractivity contribution >= 4 is 15.9 Å². The monoisotopic (exact) mass is 348 g/mol. The van der Waals surface area contributed by atoms with E-state index in [0.717, 1.165) is 29.7 Å². The predicted octanol–water partition coefficient (Wildman–Crippen LogP) is 2.38. The summed E-state index contributed by atoms with van der Waals surface area (Å²) in [5.74, 6) is 0. The molecular weight excluding hydrogens is 328 g/mol. The zero-order valence-electron chi connectivity index (χ0n) is 12.5. The highest BCUT2D eigenvalue weighted by atomic mass is 79.9. The van der Waals surface area contributed by atoms with Crippen molar-refractivity contribution in [3.63, 3.8) is 0 Å². The van der Waals surface area contributed by atoms with Crippen LogP contribution < -0.4 is 5.73 Å². The summed E-state index contributed by atoms with van der Waals surface area (Å²) in [7, 11) is 2.00. The zero-order chi connectivity index (χ0) is 15.0. The average molecular weight is 349 g/mol. The number of aromatic nitrogens is 2. The van der Waals surface area contributed by atoms with Gasteiger partial charge in [-0.2, -0.15) is 5.10 Å². The second-order valence-corrected chi connectivity index (χ2v) is 6.53. The molecule has 0 fully saturated rings. The summed E-state index contributed by atoms with van der Waals surface area (Å²) >= 11 is 3.66. The Kier molecular flexibility index (Phi) is 4.15. The largest absolute Gasteiger partial charge is 0.329 e. The molecule has 0 bridgehead atoms. The van der Waals surface area contributed by atoms with E-state index in [1.165, 1.54) is 16.8 Å². The van der Waals surface area contributed by atoms with E-state index in [4.69, 9.17) is 5.73 Å². The fourth-order valence-corrected chi connectivity index (χ4v) is 3.56. The van der Waals surface area contributed by atoms with Crippen molar-refractivity contribution in [1.82, 2.24) is 14.7 Å². The molecule has 0 radical (unpaired) electrons. The van der Waals surface area contributed by atoms with Gasteiger partial charge in [0.1, 0.15) is 0 Å². The number of rotatable bonds is 3. The van der Waals surface area contributed by atoms with Crippen molar-refractivity contribution in [2.75, 3.05) is 6.54 Å². The minimum Gasteiger partial charge on any atom is -0.329 e. The lowest BCUT2D eigenvalue weighted by atomic mass is 9.94. The SMILES string of the molecule is Cc1nn(C)c(CN2Cc3ccccc3CC2CN)c1Br. The molecule has 1 aromatic heterocycles. The molecule has 0 aliphatic carbocycles.